The SMILES string of the molecule is COc1ccc(S(=O)(=O)N2CCc3c(n(CC(=O)NC(C)(C)CN4CCOCC4)c4ccccc34)C2)cc1.Cl.O=CNO. The summed E-state index contributed by atoms with van der Waals surface area (Å²) in [5, 5.41) is 11.5. The van der Waals surface area contributed by atoms with Crippen LogP contribution in [0.15, 0.2) is 53.4 Å². The second kappa shape index (κ2) is 15.0. The van der Waals surface area contributed by atoms with Gasteiger partial charge in [-0.3, -0.25) is 19.7 Å². The highest BCUT2D eigenvalue weighted by Crippen LogP contribution is 2.33. The van der Waals surface area contributed by atoms with E-state index in [9.17, 15) is 13.2 Å². The minimum absolute atomic E-state index is 0. The van der Waals surface area contributed by atoms with Crippen molar-refractivity contribution in [2.24, 2.45) is 0 Å². The quantitative estimate of drug-likeness (QED) is 0.184. The number of benzene rings is 2. The van der Waals surface area contributed by atoms with Crippen molar-refractivity contribution in [1.82, 2.24) is 24.6 Å². The first kappa shape index (κ1) is 34.3. The fourth-order valence-corrected chi connectivity index (χ4v) is 6.97. The average molecular weight is 638 g/mol. The molecule has 2 aliphatic heterocycles. The van der Waals surface area contributed by atoms with E-state index in [1.807, 2.05) is 36.6 Å². The number of carbonyl (C=O) groups is 2. The van der Waals surface area contributed by atoms with Gasteiger partial charge in [0.15, 0.2) is 0 Å². The van der Waals surface area contributed by atoms with E-state index in [0.717, 1.165) is 41.8 Å². The van der Waals surface area contributed by atoms with Crippen LogP contribution in [0.1, 0.15) is 25.1 Å². The summed E-state index contributed by atoms with van der Waals surface area (Å²) in [5.41, 5.74) is 3.77. The topological polar surface area (TPSA) is 142 Å². The lowest BCUT2D eigenvalue weighted by atomic mass is 10.0. The van der Waals surface area contributed by atoms with Gasteiger partial charge < -0.3 is 19.4 Å². The Morgan fingerprint density at radius 2 is 1.74 bits per heavy atom. The zero-order valence-corrected chi connectivity index (χ0v) is 26.2. The Balaban J connectivity index is 0.000000954. The van der Waals surface area contributed by atoms with Gasteiger partial charge in [-0.15, -0.1) is 12.4 Å². The molecule has 1 aromatic heterocycles. The molecule has 0 radical (unpaired) electrons. The molecule has 0 bridgehead atoms. The fourth-order valence-electron chi connectivity index (χ4n) is 5.57. The van der Waals surface area contributed by atoms with Crippen molar-refractivity contribution in [1.29, 1.82) is 0 Å². The van der Waals surface area contributed by atoms with Crippen LogP contribution in [0.2, 0.25) is 0 Å². The van der Waals surface area contributed by atoms with Crippen LogP contribution in [-0.4, -0.2) is 91.8 Å². The van der Waals surface area contributed by atoms with E-state index < -0.39 is 15.6 Å². The molecule has 43 heavy (non-hydrogen) atoms. The predicted molar refractivity (Wildman–Crippen MR) is 164 cm³/mol. The molecule has 0 unspecified atom stereocenters. The molecule has 14 heteroatoms. The molecule has 2 amide bonds. The summed E-state index contributed by atoms with van der Waals surface area (Å²) in [5.74, 6) is 0.509. The Morgan fingerprint density at radius 3 is 2.37 bits per heavy atom. The number of sulfonamides is 1. The second-order valence-electron chi connectivity index (χ2n) is 10.9. The third-order valence-corrected chi connectivity index (χ3v) is 9.24. The van der Waals surface area contributed by atoms with Crippen molar-refractivity contribution < 1.29 is 32.7 Å². The molecule has 2 aromatic carbocycles. The van der Waals surface area contributed by atoms with Gasteiger partial charge in [0, 0.05) is 48.3 Å². The minimum Gasteiger partial charge on any atom is -0.497 e. The molecule has 2 aliphatic rings. The fraction of sp³-hybridized carbons (Fsp3) is 0.448. The van der Waals surface area contributed by atoms with Crippen LogP contribution >= 0.6 is 12.4 Å². The van der Waals surface area contributed by atoms with Crippen molar-refractivity contribution >= 4 is 45.7 Å². The van der Waals surface area contributed by atoms with E-state index in [2.05, 4.69) is 16.3 Å². The smallest absolute Gasteiger partial charge is 0.243 e. The average Bonchev–Trinajstić information content (AvgIpc) is 3.29. The van der Waals surface area contributed by atoms with Crippen LogP contribution < -0.4 is 15.5 Å². The molecule has 3 heterocycles. The highest BCUT2D eigenvalue weighted by atomic mass is 35.5. The summed E-state index contributed by atoms with van der Waals surface area (Å²) in [6.07, 6.45) is 0.766. The lowest BCUT2D eigenvalue weighted by Gasteiger charge is -2.35. The lowest BCUT2D eigenvalue weighted by molar-refractivity contribution is -0.123. The van der Waals surface area contributed by atoms with Crippen molar-refractivity contribution in [2.75, 3.05) is 46.5 Å². The van der Waals surface area contributed by atoms with Crippen LogP contribution in [0.5, 0.6) is 5.75 Å². The van der Waals surface area contributed by atoms with Crippen molar-refractivity contribution in [3.8, 4) is 5.75 Å². The largest absolute Gasteiger partial charge is 0.497 e. The third-order valence-electron chi connectivity index (χ3n) is 7.38. The number of hydroxylamine groups is 1. The van der Waals surface area contributed by atoms with Crippen LogP contribution in [0.25, 0.3) is 10.9 Å². The first-order chi connectivity index (χ1) is 20.1. The number of aromatic nitrogens is 1. The number of rotatable bonds is 9. The number of nitrogens with zero attached hydrogens (tertiary/aromatic N) is 3. The molecular formula is C29H40ClN5O7S. The molecule has 1 fully saturated rings. The van der Waals surface area contributed by atoms with Crippen LogP contribution in [0, 0.1) is 0 Å². The number of para-hydroxylation sites is 1. The Kier molecular flexibility index (Phi) is 12.0. The summed E-state index contributed by atoms with van der Waals surface area (Å²) in [4.78, 5) is 24.7. The molecule has 3 N–H and O–H groups in total. The van der Waals surface area contributed by atoms with Gasteiger partial charge in [-0.05, 0) is 56.2 Å². The number of morpholine rings is 1. The summed E-state index contributed by atoms with van der Waals surface area (Å²) >= 11 is 0. The molecule has 3 aromatic rings. The zero-order valence-electron chi connectivity index (χ0n) is 24.6. The number of nitrogens with one attached hydrogen (secondary N) is 2. The molecule has 0 atom stereocenters. The third kappa shape index (κ3) is 8.25. The zero-order chi connectivity index (χ0) is 30.3. The molecule has 12 nitrogen and oxygen atoms in total. The van der Waals surface area contributed by atoms with Gasteiger partial charge in [-0.25, -0.2) is 13.9 Å². The van der Waals surface area contributed by atoms with Crippen LogP contribution in [0.3, 0.4) is 0 Å². The predicted octanol–water partition coefficient (Wildman–Crippen LogP) is 2.17. The first-order valence-electron chi connectivity index (χ1n) is 13.8. The lowest BCUT2D eigenvalue weighted by Crippen LogP contribution is -2.54. The highest BCUT2D eigenvalue weighted by molar-refractivity contribution is 7.89. The van der Waals surface area contributed by atoms with E-state index in [0.29, 0.717) is 31.9 Å². The minimum atomic E-state index is -3.71. The summed E-state index contributed by atoms with van der Waals surface area (Å²) < 4.78 is 41.1. The van der Waals surface area contributed by atoms with Crippen molar-refractivity contribution in [3.05, 3.63) is 59.8 Å². The molecule has 0 spiro atoms. The number of amides is 2. The van der Waals surface area contributed by atoms with E-state index in [1.54, 1.807) is 31.4 Å². The van der Waals surface area contributed by atoms with Crippen LogP contribution in [0.4, 0.5) is 0 Å². The molecule has 0 aliphatic carbocycles. The molecule has 236 valence electrons. The van der Waals surface area contributed by atoms with Crippen molar-refractivity contribution in [2.45, 2.75) is 43.8 Å². The number of hydrogen-bond acceptors (Lipinski definition) is 8. The van der Waals surface area contributed by atoms with E-state index in [1.165, 1.54) is 9.79 Å². The Labute approximate surface area is 258 Å². The Bertz CT molecular complexity index is 1490. The van der Waals surface area contributed by atoms with Gasteiger partial charge in [-0.1, -0.05) is 18.2 Å². The number of halogens is 1. The molecule has 1 saturated heterocycles. The van der Waals surface area contributed by atoms with Crippen molar-refractivity contribution in [3.63, 3.8) is 0 Å². The second-order valence-corrected chi connectivity index (χ2v) is 12.8. The standard InChI is InChI=1S/C28H36N4O5S.CH3NO2.ClH/c1-28(2,20-30-14-16-37-17-15-30)29-27(33)19-32-25-7-5-4-6-23(25)24-12-13-31(18-26(24)32)38(34,35)22-10-8-21(36-3)9-11-22;3-1-2-4;/h4-11H,12-20H2,1-3H3,(H,29,33);1,4H,(H,2,3);1H. The van der Waals surface area contributed by atoms with Gasteiger partial charge in [-0.2, -0.15) is 4.31 Å². The molecular weight excluding hydrogens is 598 g/mol. The van der Waals surface area contributed by atoms with Gasteiger partial charge >= 0.3 is 0 Å². The van der Waals surface area contributed by atoms with Gasteiger partial charge in [0.25, 0.3) is 0 Å². The number of fused-ring (bicyclic) bond motifs is 3. The maximum absolute atomic E-state index is 13.5. The first-order valence-corrected chi connectivity index (χ1v) is 15.2. The maximum Gasteiger partial charge on any atom is 0.243 e. The van der Waals surface area contributed by atoms with Gasteiger partial charge in [0.2, 0.25) is 22.3 Å². The number of carbonyl (C=O) groups excluding carboxylic acids is 2. The van der Waals surface area contributed by atoms with E-state index in [-0.39, 0.29) is 42.7 Å². The van der Waals surface area contributed by atoms with E-state index >= 15 is 0 Å². The number of hydrogen-bond donors (Lipinski definition) is 3. The summed E-state index contributed by atoms with van der Waals surface area (Å²) in [6.45, 7) is 8.65. The summed E-state index contributed by atoms with van der Waals surface area (Å²) in [7, 11) is -2.16. The maximum atomic E-state index is 13.5. The number of methoxy groups -OCH3 is 1. The van der Waals surface area contributed by atoms with Gasteiger partial charge in [0.1, 0.15) is 12.3 Å². The Hall–Kier alpha value is -3.20. The monoisotopic (exact) mass is 637 g/mol. The molecule has 5 rings (SSSR count). The Morgan fingerprint density at radius 1 is 1.09 bits per heavy atom. The molecule has 0 saturated carbocycles. The normalized spacial score (nSPS) is 15.8. The number of ether oxygens (including phenoxy) is 2. The summed E-state index contributed by atoms with van der Waals surface area (Å²) in [6, 6.07) is 14.5. The van der Waals surface area contributed by atoms with E-state index in [4.69, 9.17) is 19.5 Å². The van der Waals surface area contributed by atoms with Crippen LogP contribution in [-0.2, 0) is 43.9 Å². The highest BCUT2D eigenvalue weighted by Gasteiger charge is 2.33. The van der Waals surface area contributed by atoms with Gasteiger partial charge in [0.05, 0.1) is 31.8 Å².